The van der Waals surface area contributed by atoms with Crippen LogP contribution >= 0.6 is 34.8 Å². The quantitative estimate of drug-likeness (QED) is 0.564. The van der Waals surface area contributed by atoms with Crippen LogP contribution in [0.3, 0.4) is 0 Å². The molecular formula is C19H18Cl3NO6S. The maximum atomic E-state index is 13.0. The number of hydrogen-bond acceptors (Lipinski definition) is 6. The summed E-state index contributed by atoms with van der Waals surface area (Å²) in [5, 5.41) is 0.341. The lowest BCUT2D eigenvalue weighted by atomic mass is 10.2. The molecule has 0 spiro atoms. The summed E-state index contributed by atoms with van der Waals surface area (Å²) in [6.07, 6.45) is 0. The summed E-state index contributed by atoms with van der Waals surface area (Å²) in [5.74, 6) is -0.317. The Morgan fingerprint density at radius 1 is 1.10 bits per heavy atom. The standard InChI is InChI=1S/C19H18Cl3NO6S/c1-27-17-3-2-13(20)8-12(17)11-29-19(24)14-9-18(16(22)10-15(14)21)30(25,26)23-4-6-28-7-5-23/h2-3,8-10H,4-7,11H2,1H3. The van der Waals surface area contributed by atoms with Gasteiger partial charge in [0.25, 0.3) is 0 Å². The third-order valence-electron chi connectivity index (χ3n) is 4.43. The van der Waals surface area contributed by atoms with Gasteiger partial charge in [0, 0.05) is 23.7 Å². The van der Waals surface area contributed by atoms with Gasteiger partial charge in [-0.25, -0.2) is 13.2 Å². The Kier molecular flexibility index (Phi) is 7.49. The zero-order valence-electron chi connectivity index (χ0n) is 15.9. The first-order valence-electron chi connectivity index (χ1n) is 8.80. The highest BCUT2D eigenvalue weighted by atomic mass is 35.5. The van der Waals surface area contributed by atoms with E-state index >= 15 is 0 Å². The SMILES string of the molecule is COc1ccc(Cl)cc1COC(=O)c1cc(S(=O)(=O)N2CCOCC2)c(Cl)cc1Cl. The van der Waals surface area contributed by atoms with Gasteiger partial charge in [0.2, 0.25) is 10.0 Å². The van der Waals surface area contributed by atoms with Gasteiger partial charge in [-0.15, -0.1) is 0 Å². The molecule has 2 aromatic carbocycles. The molecule has 1 aliphatic heterocycles. The van der Waals surface area contributed by atoms with Crippen molar-refractivity contribution in [2.24, 2.45) is 0 Å². The van der Waals surface area contributed by atoms with Gasteiger partial charge < -0.3 is 14.2 Å². The van der Waals surface area contributed by atoms with E-state index in [4.69, 9.17) is 49.0 Å². The fraction of sp³-hybridized carbons (Fsp3) is 0.316. The maximum Gasteiger partial charge on any atom is 0.340 e. The molecule has 0 aliphatic carbocycles. The van der Waals surface area contributed by atoms with E-state index in [9.17, 15) is 13.2 Å². The van der Waals surface area contributed by atoms with Crippen LogP contribution in [0.4, 0.5) is 0 Å². The zero-order chi connectivity index (χ0) is 21.9. The minimum Gasteiger partial charge on any atom is -0.496 e. The molecule has 2 aromatic rings. The predicted molar refractivity (Wildman–Crippen MR) is 113 cm³/mol. The summed E-state index contributed by atoms with van der Waals surface area (Å²) >= 11 is 18.3. The lowest BCUT2D eigenvalue weighted by molar-refractivity contribution is 0.0470. The van der Waals surface area contributed by atoms with Crippen LogP contribution in [-0.4, -0.2) is 52.1 Å². The van der Waals surface area contributed by atoms with Gasteiger partial charge in [0.1, 0.15) is 17.3 Å². The predicted octanol–water partition coefficient (Wildman–Crippen LogP) is 4.03. The fourth-order valence-corrected chi connectivity index (χ4v) is 5.32. The van der Waals surface area contributed by atoms with E-state index in [2.05, 4.69) is 0 Å². The highest BCUT2D eigenvalue weighted by Gasteiger charge is 2.30. The number of methoxy groups -OCH3 is 1. The number of esters is 1. The van der Waals surface area contributed by atoms with Gasteiger partial charge in [-0.2, -0.15) is 4.31 Å². The molecule has 3 rings (SSSR count). The monoisotopic (exact) mass is 493 g/mol. The molecular weight excluding hydrogens is 477 g/mol. The fourth-order valence-electron chi connectivity index (χ4n) is 2.89. The Morgan fingerprint density at radius 3 is 2.47 bits per heavy atom. The van der Waals surface area contributed by atoms with E-state index in [1.54, 1.807) is 18.2 Å². The van der Waals surface area contributed by atoms with Gasteiger partial charge >= 0.3 is 5.97 Å². The van der Waals surface area contributed by atoms with E-state index in [-0.39, 0.29) is 53.4 Å². The van der Waals surface area contributed by atoms with Gasteiger partial charge in [-0.05, 0) is 30.3 Å². The summed E-state index contributed by atoms with van der Waals surface area (Å²) < 4.78 is 42.9. The van der Waals surface area contributed by atoms with Gasteiger partial charge in [-0.1, -0.05) is 34.8 Å². The zero-order valence-corrected chi connectivity index (χ0v) is 18.9. The van der Waals surface area contributed by atoms with Crippen molar-refractivity contribution in [1.29, 1.82) is 0 Å². The summed E-state index contributed by atoms with van der Waals surface area (Å²) in [6.45, 7) is 0.792. The molecule has 1 fully saturated rings. The first-order valence-corrected chi connectivity index (χ1v) is 11.4. The van der Waals surface area contributed by atoms with Crippen LogP contribution in [-0.2, 0) is 26.1 Å². The molecule has 11 heteroatoms. The van der Waals surface area contributed by atoms with Crippen molar-refractivity contribution in [3.8, 4) is 5.75 Å². The molecule has 1 heterocycles. The second-order valence-electron chi connectivity index (χ2n) is 6.31. The number of rotatable bonds is 6. The molecule has 7 nitrogen and oxygen atoms in total. The smallest absolute Gasteiger partial charge is 0.340 e. The van der Waals surface area contributed by atoms with Crippen LogP contribution in [0.5, 0.6) is 5.75 Å². The van der Waals surface area contributed by atoms with E-state index in [0.717, 1.165) is 6.07 Å². The maximum absolute atomic E-state index is 13.0. The van der Waals surface area contributed by atoms with E-state index in [1.165, 1.54) is 17.5 Å². The van der Waals surface area contributed by atoms with Crippen LogP contribution in [0.25, 0.3) is 0 Å². The average molecular weight is 495 g/mol. The lowest BCUT2D eigenvalue weighted by Crippen LogP contribution is -2.40. The normalized spacial score (nSPS) is 15.1. The minimum absolute atomic E-state index is 0.0241. The number of halogens is 3. The van der Waals surface area contributed by atoms with Gasteiger partial charge in [-0.3, -0.25) is 0 Å². The third-order valence-corrected chi connectivity index (χ3v) is 7.34. The molecule has 0 amide bonds. The lowest BCUT2D eigenvalue weighted by Gasteiger charge is -2.26. The van der Waals surface area contributed by atoms with E-state index in [0.29, 0.717) is 16.3 Å². The number of carbonyl (C=O) groups excluding carboxylic acids is 1. The van der Waals surface area contributed by atoms with Crippen molar-refractivity contribution < 1.29 is 27.4 Å². The topological polar surface area (TPSA) is 82.1 Å². The number of sulfonamides is 1. The number of carbonyl (C=O) groups is 1. The van der Waals surface area contributed by atoms with Crippen molar-refractivity contribution in [2.45, 2.75) is 11.5 Å². The highest BCUT2D eigenvalue weighted by molar-refractivity contribution is 7.89. The van der Waals surface area contributed by atoms with E-state index < -0.39 is 16.0 Å². The molecule has 1 aliphatic rings. The Morgan fingerprint density at radius 2 is 1.80 bits per heavy atom. The van der Waals surface area contributed by atoms with Crippen molar-refractivity contribution in [3.63, 3.8) is 0 Å². The van der Waals surface area contributed by atoms with Crippen LogP contribution in [0.2, 0.25) is 15.1 Å². The van der Waals surface area contributed by atoms with Crippen LogP contribution in [0, 0.1) is 0 Å². The van der Waals surface area contributed by atoms with Crippen molar-refractivity contribution in [2.75, 3.05) is 33.4 Å². The number of hydrogen-bond donors (Lipinski definition) is 0. The summed E-state index contributed by atoms with van der Waals surface area (Å²) in [4.78, 5) is 12.4. The molecule has 0 unspecified atom stereocenters. The summed E-state index contributed by atoms with van der Waals surface area (Å²) in [6, 6.07) is 7.24. The molecule has 30 heavy (non-hydrogen) atoms. The Labute approximate surface area is 189 Å². The molecule has 0 radical (unpaired) electrons. The number of morpholine rings is 1. The molecule has 1 saturated heterocycles. The Bertz CT molecular complexity index is 1050. The first-order chi connectivity index (χ1) is 14.2. The summed E-state index contributed by atoms with van der Waals surface area (Å²) in [5.41, 5.74) is 0.429. The van der Waals surface area contributed by atoms with Crippen molar-refractivity contribution >= 4 is 50.8 Å². The van der Waals surface area contributed by atoms with E-state index in [1.807, 2.05) is 0 Å². The molecule has 0 aromatic heterocycles. The number of nitrogens with zero attached hydrogens (tertiary/aromatic N) is 1. The molecule has 0 saturated carbocycles. The molecule has 0 atom stereocenters. The Hall–Kier alpha value is -1.55. The number of benzene rings is 2. The largest absolute Gasteiger partial charge is 0.496 e. The van der Waals surface area contributed by atoms with Crippen LogP contribution in [0.15, 0.2) is 35.2 Å². The molecule has 0 N–H and O–H groups in total. The van der Waals surface area contributed by atoms with Crippen molar-refractivity contribution in [3.05, 3.63) is 56.5 Å². The van der Waals surface area contributed by atoms with Crippen molar-refractivity contribution in [1.82, 2.24) is 4.31 Å². The van der Waals surface area contributed by atoms with Gasteiger partial charge in [0.05, 0.1) is 35.9 Å². The molecule has 162 valence electrons. The second-order valence-corrected chi connectivity index (χ2v) is 9.47. The third kappa shape index (κ3) is 5.01. The van der Waals surface area contributed by atoms with Crippen LogP contribution in [0.1, 0.15) is 15.9 Å². The first kappa shape index (κ1) is 23.1. The highest BCUT2D eigenvalue weighted by Crippen LogP contribution is 2.32. The van der Waals surface area contributed by atoms with Crippen LogP contribution < -0.4 is 4.74 Å². The average Bonchev–Trinajstić information content (AvgIpc) is 2.72. The minimum atomic E-state index is -3.93. The Balaban J connectivity index is 1.86. The van der Waals surface area contributed by atoms with Gasteiger partial charge in [0.15, 0.2) is 0 Å². The second kappa shape index (κ2) is 9.72. The molecule has 0 bridgehead atoms. The number of ether oxygens (including phenoxy) is 3. The summed E-state index contributed by atoms with van der Waals surface area (Å²) in [7, 11) is -2.45.